The third-order valence-electron chi connectivity index (χ3n) is 2.93. The molecule has 1 aromatic heterocycles. The van der Waals surface area contributed by atoms with Gasteiger partial charge < -0.3 is 10.1 Å². The van der Waals surface area contributed by atoms with Crippen LogP contribution in [0.5, 0.6) is 5.75 Å². The molecule has 0 spiro atoms. The summed E-state index contributed by atoms with van der Waals surface area (Å²) in [5.41, 5.74) is 2.25. The predicted octanol–water partition coefficient (Wildman–Crippen LogP) is 4.31. The van der Waals surface area contributed by atoms with Gasteiger partial charge >= 0.3 is 0 Å². The average molecular weight is 400 g/mol. The lowest BCUT2D eigenvalue weighted by Crippen LogP contribution is -2.22. The van der Waals surface area contributed by atoms with Crippen molar-refractivity contribution in [2.75, 3.05) is 13.7 Å². The summed E-state index contributed by atoms with van der Waals surface area (Å²) in [6.45, 7) is 2.96. The molecule has 0 saturated heterocycles. The standard InChI is InChI=1S/C15H16Br2N2O/c1-3-19-15(10-4-12(16)7-13(17)5-10)11-6-14(20-2)9-18-8-11/h4-9,15,19H,3H2,1-2H3. The molecule has 0 aliphatic rings. The van der Waals surface area contributed by atoms with E-state index in [1.165, 1.54) is 5.56 Å². The highest BCUT2D eigenvalue weighted by atomic mass is 79.9. The highest BCUT2D eigenvalue weighted by Gasteiger charge is 2.15. The molecular weight excluding hydrogens is 384 g/mol. The molecule has 0 bridgehead atoms. The lowest BCUT2D eigenvalue weighted by molar-refractivity contribution is 0.411. The zero-order valence-corrected chi connectivity index (χ0v) is 14.5. The first-order valence-corrected chi connectivity index (χ1v) is 7.91. The molecule has 0 aliphatic heterocycles. The normalized spacial score (nSPS) is 12.2. The Hall–Kier alpha value is -0.910. The second-order valence-electron chi connectivity index (χ2n) is 4.35. The summed E-state index contributed by atoms with van der Waals surface area (Å²) >= 11 is 7.07. The van der Waals surface area contributed by atoms with Crippen molar-refractivity contribution in [3.05, 3.63) is 56.7 Å². The van der Waals surface area contributed by atoms with Crippen LogP contribution in [0.4, 0.5) is 0 Å². The van der Waals surface area contributed by atoms with Gasteiger partial charge in [-0.1, -0.05) is 38.8 Å². The molecule has 20 heavy (non-hydrogen) atoms. The number of hydrogen-bond donors (Lipinski definition) is 1. The topological polar surface area (TPSA) is 34.2 Å². The SMILES string of the molecule is CCNC(c1cc(Br)cc(Br)c1)c1cncc(OC)c1. The zero-order chi connectivity index (χ0) is 14.5. The van der Waals surface area contributed by atoms with Crippen molar-refractivity contribution >= 4 is 31.9 Å². The quantitative estimate of drug-likeness (QED) is 0.813. The molecule has 2 aromatic rings. The van der Waals surface area contributed by atoms with Crippen molar-refractivity contribution in [1.82, 2.24) is 10.3 Å². The van der Waals surface area contributed by atoms with E-state index in [-0.39, 0.29) is 6.04 Å². The highest BCUT2D eigenvalue weighted by molar-refractivity contribution is 9.11. The summed E-state index contributed by atoms with van der Waals surface area (Å²) in [6, 6.07) is 8.33. The van der Waals surface area contributed by atoms with Crippen LogP contribution in [0, 0.1) is 0 Å². The van der Waals surface area contributed by atoms with Crippen molar-refractivity contribution in [3.63, 3.8) is 0 Å². The maximum atomic E-state index is 5.26. The number of benzene rings is 1. The Morgan fingerprint density at radius 2 is 1.80 bits per heavy atom. The number of ether oxygens (including phenoxy) is 1. The van der Waals surface area contributed by atoms with Crippen LogP contribution < -0.4 is 10.1 Å². The molecule has 0 amide bonds. The minimum absolute atomic E-state index is 0.0800. The van der Waals surface area contributed by atoms with Crippen LogP contribution in [0.15, 0.2) is 45.6 Å². The Morgan fingerprint density at radius 1 is 1.10 bits per heavy atom. The molecule has 0 radical (unpaired) electrons. The highest BCUT2D eigenvalue weighted by Crippen LogP contribution is 2.29. The second kappa shape index (κ2) is 7.20. The fourth-order valence-electron chi connectivity index (χ4n) is 2.08. The van der Waals surface area contributed by atoms with Crippen LogP contribution in [0.25, 0.3) is 0 Å². The van der Waals surface area contributed by atoms with Crippen molar-refractivity contribution in [3.8, 4) is 5.75 Å². The first-order chi connectivity index (χ1) is 9.63. The van der Waals surface area contributed by atoms with Crippen molar-refractivity contribution in [2.45, 2.75) is 13.0 Å². The van der Waals surface area contributed by atoms with Gasteiger partial charge in [0.05, 0.1) is 19.3 Å². The van der Waals surface area contributed by atoms with Crippen LogP contribution in [-0.4, -0.2) is 18.6 Å². The number of aromatic nitrogens is 1. The largest absolute Gasteiger partial charge is 0.495 e. The molecule has 1 unspecified atom stereocenters. The number of methoxy groups -OCH3 is 1. The van der Waals surface area contributed by atoms with Gasteiger partial charge in [-0.15, -0.1) is 0 Å². The van der Waals surface area contributed by atoms with E-state index in [4.69, 9.17) is 4.74 Å². The number of rotatable bonds is 5. The number of nitrogens with zero attached hydrogens (tertiary/aromatic N) is 1. The monoisotopic (exact) mass is 398 g/mol. The predicted molar refractivity (Wildman–Crippen MR) is 88.2 cm³/mol. The van der Waals surface area contributed by atoms with Gasteiger partial charge in [-0.25, -0.2) is 0 Å². The number of nitrogens with one attached hydrogen (secondary N) is 1. The van der Waals surface area contributed by atoms with Gasteiger partial charge in [-0.2, -0.15) is 0 Å². The first kappa shape index (κ1) is 15.5. The van der Waals surface area contributed by atoms with Crippen LogP contribution in [0.3, 0.4) is 0 Å². The lowest BCUT2D eigenvalue weighted by atomic mass is 10.00. The third kappa shape index (κ3) is 3.81. The van der Waals surface area contributed by atoms with Gasteiger partial charge in [0.2, 0.25) is 0 Å². The summed E-state index contributed by atoms with van der Waals surface area (Å²) in [6.07, 6.45) is 3.58. The Balaban J connectivity index is 2.43. The maximum absolute atomic E-state index is 5.26. The van der Waals surface area contributed by atoms with Crippen molar-refractivity contribution in [2.24, 2.45) is 0 Å². The van der Waals surface area contributed by atoms with E-state index < -0.39 is 0 Å². The first-order valence-electron chi connectivity index (χ1n) is 6.32. The molecule has 0 aliphatic carbocycles. The second-order valence-corrected chi connectivity index (χ2v) is 6.18. The van der Waals surface area contributed by atoms with Gasteiger partial charge in [0.15, 0.2) is 0 Å². The Morgan fingerprint density at radius 3 is 2.40 bits per heavy atom. The molecule has 3 nitrogen and oxygen atoms in total. The van der Waals surface area contributed by atoms with Crippen molar-refractivity contribution < 1.29 is 4.74 Å². The molecule has 1 atom stereocenters. The zero-order valence-electron chi connectivity index (χ0n) is 11.4. The van der Waals surface area contributed by atoms with Crippen molar-refractivity contribution in [1.29, 1.82) is 0 Å². The van der Waals surface area contributed by atoms with E-state index in [1.54, 1.807) is 13.3 Å². The smallest absolute Gasteiger partial charge is 0.137 e. The molecule has 5 heteroatoms. The van der Waals surface area contributed by atoms with Crippen LogP contribution in [0.2, 0.25) is 0 Å². The van der Waals surface area contributed by atoms with Gasteiger partial charge in [0.25, 0.3) is 0 Å². The summed E-state index contributed by atoms with van der Waals surface area (Å²) in [5.74, 6) is 0.763. The van der Waals surface area contributed by atoms with Gasteiger partial charge in [-0.3, -0.25) is 4.98 Å². The van der Waals surface area contributed by atoms with E-state index in [9.17, 15) is 0 Å². The van der Waals surface area contributed by atoms with Crippen LogP contribution in [0.1, 0.15) is 24.1 Å². The Bertz CT molecular complexity index is 570. The summed E-state index contributed by atoms with van der Waals surface area (Å²) in [7, 11) is 1.65. The summed E-state index contributed by atoms with van der Waals surface area (Å²) < 4.78 is 7.34. The lowest BCUT2D eigenvalue weighted by Gasteiger charge is -2.19. The van der Waals surface area contributed by atoms with E-state index in [2.05, 4.69) is 61.2 Å². The molecule has 106 valence electrons. The van der Waals surface area contributed by atoms with E-state index in [0.717, 1.165) is 26.8 Å². The molecule has 1 N–H and O–H groups in total. The summed E-state index contributed by atoms with van der Waals surface area (Å²) in [5, 5.41) is 3.48. The van der Waals surface area contributed by atoms with E-state index in [1.807, 2.05) is 18.3 Å². The molecular formula is C15H16Br2N2O. The van der Waals surface area contributed by atoms with Crippen LogP contribution in [-0.2, 0) is 0 Å². The van der Waals surface area contributed by atoms with E-state index in [0.29, 0.717) is 0 Å². The van der Waals surface area contributed by atoms with Gasteiger partial charge in [0.1, 0.15) is 5.75 Å². The average Bonchev–Trinajstić information content (AvgIpc) is 2.43. The fraction of sp³-hybridized carbons (Fsp3) is 0.267. The van der Waals surface area contributed by atoms with E-state index >= 15 is 0 Å². The fourth-order valence-corrected chi connectivity index (χ4v) is 3.41. The van der Waals surface area contributed by atoms with Crippen LogP contribution >= 0.6 is 31.9 Å². The Kier molecular flexibility index (Phi) is 5.57. The minimum Gasteiger partial charge on any atom is -0.495 e. The third-order valence-corrected chi connectivity index (χ3v) is 3.85. The number of pyridine rings is 1. The Labute approximate surface area is 136 Å². The minimum atomic E-state index is 0.0800. The molecule has 2 rings (SSSR count). The maximum Gasteiger partial charge on any atom is 0.137 e. The number of hydrogen-bond acceptors (Lipinski definition) is 3. The number of halogens is 2. The van der Waals surface area contributed by atoms with Gasteiger partial charge in [0, 0.05) is 15.1 Å². The molecule has 0 saturated carbocycles. The van der Waals surface area contributed by atoms with Gasteiger partial charge in [-0.05, 0) is 41.9 Å². The molecule has 1 heterocycles. The molecule has 1 aromatic carbocycles. The summed E-state index contributed by atoms with van der Waals surface area (Å²) in [4.78, 5) is 4.24. The molecule has 0 fully saturated rings.